The molecule has 1 aromatic carbocycles. The van der Waals surface area contributed by atoms with Gasteiger partial charge >= 0.3 is 0 Å². The van der Waals surface area contributed by atoms with E-state index < -0.39 is 6.10 Å². The van der Waals surface area contributed by atoms with Gasteiger partial charge in [0.05, 0.1) is 12.7 Å². The first kappa shape index (κ1) is 14.5. The minimum atomic E-state index is -0.422. The molecule has 1 fully saturated rings. The molecule has 1 N–H and O–H groups in total. The molecule has 0 amide bonds. The van der Waals surface area contributed by atoms with Crippen molar-refractivity contribution >= 4 is 0 Å². The van der Waals surface area contributed by atoms with Crippen LogP contribution in [0.1, 0.15) is 30.1 Å². The fourth-order valence-corrected chi connectivity index (χ4v) is 2.20. The second kappa shape index (κ2) is 7.04. The molecule has 0 bridgehead atoms. The number of aliphatic hydroxyl groups is 1. The highest BCUT2D eigenvalue weighted by Crippen LogP contribution is 2.28. The van der Waals surface area contributed by atoms with Crippen molar-refractivity contribution in [1.82, 2.24) is 4.90 Å². The van der Waals surface area contributed by atoms with E-state index in [9.17, 15) is 5.11 Å². The Balaban J connectivity index is 1.68. The van der Waals surface area contributed by atoms with Gasteiger partial charge in [0.15, 0.2) is 0 Å². The second-order valence-corrected chi connectivity index (χ2v) is 5.65. The van der Waals surface area contributed by atoms with E-state index in [1.54, 1.807) is 0 Å². The zero-order valence-electron chi connectivity index (χ0n) is 12.0. The Morgan fingerprint density at radius 1 is 1.37 bits per heavy atom. The highest BCUT2D eigenvalue weighted by Gasteiger charge is 2.21. The van der Waals surface area contributed by atoms with E-state index in [1.165, 1.54) is 12.8 Å². The predicted molar refractivity (Wildman–Crippen MR) is 77.2 cm³/mol. The molecule has 1 atom stereocenters. The number of rotatable bonds is 8. The van der Waals surface area contributed by atoms with E-state index in [-0.39, 0.29) is 0 Å². The molecule has 0 saturated heterocycles. The number of hydrogen-bond donors (Lipinski definition) is 1. The van der Waals surface area contributed by atoms with Crippen molar-refractivity contribution in [2.75, 3.05) is 33.4 Å². The fraction of sp³-hybridized carbons (Fsp3) is 0.625. The molecule has 1 aliphatic rings. The van der Waals surface area contributed by atoms with Crippen LogP contribution in [-0.4, -0.2) is 43.4 Å². The summed E-state index contributed by atoms with van der Waals surface area (Å²) in [5.41, 5.74) is 2.17. The third-order valence-corrected chi connectivity index (χ3v) is 3.70. The van der Waals surface area contributed by atoms with Crippen LogP contribution in [0.4, 0.5) is 0 Å². The number of likely N-dealkylation sites (N-methyl/N-ethyl adjacent to an activating group) is 1. The van der Waals surface area contributed by atoms with Gasteiger partial charge in [-0.05, 0) is 43.9 Å². The van der Waals surface area contributed by atoms with Crippen molar-refractivity contribution in [2.24, 2.45) is 5.92 Å². The Bertz CT molecular complexity index is 390. The van der Waals surface area contributed by atoms with E-state index in [2.05, 4.69) is 4.90 Å². The van der Waals surface area contributed by atoms with Crippen LogP contribution in [0.3, 0.4) is 0 Å². The van der Waals surface area contributed by atoms with Gasteiger partial charge in [-0.1, -0.05) is 24.3 Å². The van der Waals surface area contributed by atoms with Gasteiger partial charge in [-0.15, -0.1) is 0 Å². The molecule has 0 spiro atoms. The van der Waals surface area contributed by atoms with Gasteiger partial charge in [-0.25, -0.2) is 0 Å². The number of aliphatic hydroxyl groups excluding tert-OH is 1. The lowest BCUT2D eigenvalue weighted by molar-refractivity contribution is 0.0793. The Labute approximate surface area is 116 Å². The number of hydrogen-bond acceptors (Lipinski definition) is 3. The van der Waals surface area contributed by atoms with E-state index in [0.717, 1.165) is 36.8 Å². The summed E-state index contributed by atoms with van der Waals surface area (Å²) in [6.45, 7) is 5.23. The summed E-state index contributed by atoms with van der Waals surface area (Å²) < 4.78 is 5.62. The first-order valence-electron chi connectivity index (χ1n) is 7.16. The van der Waals surface area contributed by atoms with E-state index in [1.807, 2.05) is 38.2 Å². The van der Waals surface area contributed by atoms with E-state index in [4.69, 9.17) is 4.74 Å². The van der Waals surface area contributed by atoms with E-state index >= 15 is 0 Å². The molecule has 1 aliphatic carbocycles. The lowest BCUT2D eigenvalue weighted by Crippen LogP contribution is -2.28. The Morgan fingerprint density at radius 3 is 2.79 bits per heavy atom. The third-order valence-electron chi connectivity index (χ3n) is 3.70. The van der Waals surface area contributed by atoms with Crippen molar-refractivity contribution in [3.05, 3.63) is 35.4 Å². The fourth-order valence-electron chi connectivity index (χ4n) is 2.20. The van der Waals surface area contributed by atoms with Crippen molar-refractivity contribution in [1.29, 1.82) is 0 Å². The van der Waals surface area contributed by atoms with Gasteiger partial charge in [0, 0.05) is 19.7 Å². The molecule has 0 radical (unpaired) electrons. The van der Waals surface area contributed by atoms with Crippen LogP contribution < -0.4 is 0 Å². The minimum Gasteiger partial charge on any atom is -0.387 e. The number of ether oxygens (including phenoxy) is 1. The smallest absolute Gasteiger partial charge is 0.0919 e. The lowest BCUT2D eigenvalue weighted by atomic mass is 10.0. The maximum atomic E-state index is 10.2. The minimum absolute atomic E-state index is 0.422. The molecule has 0 heterocycles. The van der Waals surface area contributed by atoms with Crippen LogP contribution in [0.5, 0.6) is 0 Å². The highest BCUT2D eigenvalue weighted by molar-refractivity contribution is 5.27. The molecule has 3 nitrogen and oxygen atoms in total. The number of nitrogens with zero attached hydrogens (tertiary/aromatic N) is 1. The Hall–Kier alpha value is -0.900. The van der Waals surface area contributed by atoms with Crippen LogP contribution in [0, 0.1) is 12.8 Å². The summed E-state index contributed by atoms with van der Waals surface area (Å²) in [6, 6.07) is 8.01. The van der Waals surface area contributed by atoms with Crippen LogP contribution >= 0.6 is 0 Å². The molecule has 106 valence electrons. The summed E-state index contributed by atoms with van der Waals surface area (Å²) in [5, 5.41) is 10.2. The SMILES string of the molecule is Cc1ccccc1C(O)CN(C)CCOCC1CC1. The maximum absolute atomic E-state index is 10.2. The quantitative estimate of drug-likeness (QED) is 0.731. The number of benzene rings is 1. The van der Waals surface area contributed by atoms with Gasteiger partial charge in [0.2, 0.25) is 0 Å². The summed E-state index contributed by atoms with van der Waals surface area (Å²) in [5.74, 6) is 0.822. The molecule has 19 heavy (non-hydrogen) atoms. The van der Waals surface area contributed by atoms with Gasteiger partial charge < -0.3 is 14.7 Å². The molecular formula is C16H25NO2. The summed E-state index contributed by atoms with van der Waals surface area (Å²) in [6.07, 6.45) is 2.25. The maximum Gasteiger partial charge on any atom is 0.0919 e. The summed E-state index contributed by atoms with van der Waals surface area (Å²) >= 11 is 0. The molecular weight excluding hydrogens is 238 g/mol. The topological polar surface area (TPSA) is 32.7 Å². The van der Waals surface area contributed by atoms with Crippen LogP contribution in [-0.2, 0) is 4.74 Å². The van der Waals surface area contributed by atoms with Gasteiger partial charge in [0.25, 0.3) is 0 Å². The van der Waals surface area contributed by atoms with E-state index in [0.29, 0.717) is 6.54 Å². The van der Waals surface area contributed by atoms with Crippen molar-refractivity contribution in [3.8, 4) is 0 Å². The molecule has 1 aromatic rings. The molecule has 2 rings (SSSR count). The van der Waals surface area contributed by atoms with Crippen molar-refractivity contribution in [2.45, 2.75) is 25.9 Å². The standard InChI is InChI=1S/C16H25NO2/c1-13-5-3-4-6-15(13)16(18)11-17(2)9-10-19-12-14-7-8-14/h3-6,14,16,18H,7-12H2,1-2H3. The second-order valence-electron chi connectivity index (χ2n) is 5.65. The third kappa shape index (κ3) is 4.94. The largest absolute Gasteiger partial charge is 0.387 e. The molecule has 0 aliphatic heterocycles. The zero-order valence-corrected chi connectivity index (χ0v) is 12.0. The van der Waals surface area contributed by atoms with Crippen LogP contribution in [0.2, 0.25) is 0 Å². The molecule has 1 unspecified atom stereocenters. The van der Waals surface area contributed by atoms with Gasteiger partial charge in [-0.2, -0.15) is 0 Å². The van der Waals surface area contributed by atoms with Crippen LogP contribution in [0.25, 0.3) is 0 Å². The van der Waals surface area contributed by atoms with Gasteiger partial charge in [0.1, 0.15) is 0 Å². The molecule has 0 aromatic heterocycles. The lowest BCUT2D eigenvalue weighted by Gasteiger charge is -2.21. The van der Waals surface area contributed by atoms with Gasteiger partial charge in [-0.3, -0.25) is 0 Å². The average Bonchev–Trinajstić information content (AvgIpc) is 3.19. The number of aryl methyl sites for hydroxylation is 1. The Kier molecular flexibility index (Phi) is 5.37. The highest BCUT2D eigenvalue weighted by atomic mass is 16.5. The normalized spacial score (nSPS) is 16.8. The summed E-state index contributed by atoms with van der Waals surface area (Å²) in [7, 11) is 2.03. The Morgan fingerprint density at radius 2 is 2.11 bits per heavy atom. The van der Waals surface area contributed by atoms with Crippen molar-refractivity contribution in [3.63, 3.8) is 0 Å². The zero-order chi connectivity index (χ0) is 13.7. The predicted octanol–water partition coefficient (Wildman–Crippen LogP) is 2.39. The first-order chi connectivity index (χ1) is 9.16. The average molecular weight is 263 g/mol. The van der Waals surface area contributed by atoms with Crippen LogP contribution in [0.15, 0.2) is 24.3 Å². The first-order valence-corrected chi connectivity index (χ1v) is 7.16. The molecule has 1 saturated carbocycles. The molecule has 3 heteroatoms. The summed E-state index contributed by atoms with van der Waals surface area (Å²) in [4.78, 5) is 2.13. The van der Waals surface area contributed by atoms with Crippen molar-refractivity contribution < 1.29 is 9.84 Å². The monoisotopic (exact) mass is 263 g/mol.